The number of aliphatic imine (C=N–C) groups is 1. The van der Waals surface area contributed by atoms with Crippen molar-refractivity contribution in [3.8, 4) is 5.75 Å². The van der Waals surface area contributed by atoms with Crippen molar-refractivity contribution < 1.29 is 4.74 Å². The topological polar surface area (TPSA) is 21.6 Å². The highest BCUT2D eigenvalue weighted by Gasteiger charge is 2.23. The van der Waals surface area contributed by atoms with Crippen LogP contribution in [0.4, 0.5) is 5.69 Å². The monoisotopic (exact) mass is 317 g/mol. The molecule has 1 aliphatic rings. The molecule has 2 nitrogen and oxygen atoms in total. The van der Waals surface area contributed by atoms with E-state index in [0.717, 1.165) is 36.3 Å². The highest BCUT2D eigenvalue weighted by molar-refractivity contribution is 7.78. The molecule has 0 aliphatic heterocycles. The van der Waals surface area contributed by atoms with E-state index in [1.165, 1.54) is 44.9 Å². The molecule has 0 bridgehead atoms. The summed E-state index contributed by atoms with van der Waals surface area (Å²) >= 11 is 4.59. The normalized spacial score (nSPS) is 21.1. The summed E-state index contributed by atoms with van der Waals surface area (Å²) in [7, 11) is 0. The van der Waals surface area contributed by atoms with E-state index in [2.05, 4.69) is 29.3 Å². The zero-order valence-electron chi connectivity index (χ0n) is 13.6. The number of hydrogen-bond acceptors (Lipinski definition) is 3. The highest BCUT2D eigenvalue weighted by Crippen LogP contribution is 2.35. The Hall–Kier alpha value is -1.18. The van der Waals surface area contributed by atoms with Crippen LogP contribution in [0.25, 0.3) is 0 Å². The van der Waals surface area contributed by atoms with Gasteiger partial charge in [-0.3, -0.25) is 0 Å². The lowest BCUT2D eigenvalue weighted by atomic mass is 9.75. The van der Waals surface area contributed by atoms with Gasteiger partial charge in [-0.25, -0.2) is 0 Å². The second kappa shape index (κ2) is 9.76. The van der Waals surface area contributed by atoms with Crippen LogP contribution in [-0.4, -0.2) is 11.8 Å². The lowest BCUT2D eigenvalue weighted by molar-refractivity contribution is 0.193. The Morgan fingerprint density at radius 1 is 1.14 bits per heavy atom. The van der Waals surface area contributed by atoms with Crippen LogP contribution < -0.4 is 4.74 Å². The molecule has 1 saturated carbocycles. The first-order chi connectivity index (χ1) is 10.8. The third-order valence-electron chi connectivity index (χ3n) is 4.73. The zero-order valence-corrected chi connectivity index (χ0v) is 14.4. The summed E-state index contributed by atoms with van der Waals surface area (Å²) in [5, 5.41) is 2.37. The average molecular weight is 317 g/mol. The van der Waals surface area contributed by atoms with E-state index in [4.69, 9.17) is 4.74 Å². The van der Waals surface area contributed by atoms with Gasteiger partial charge in [0.15, 0.2) is 0 Å². The molecule has 0 radical (unpaired) electrons. The van der Waals surface area contributed by atoms with Crippen LogP contribution in [0, 0.1) is 11.8 Å². The van der Waals surface area contributed by atoms with E-state index in [1.807, 2.05) is 24.3 Å². The minimum Gasteiger partial charge on any atom is -0.494 e. The maximum atomic E-state index is 5.84. The number of rotatable bonds is 8. The number of nitrogens with zero attached hydrogens (tertiary/aromatic N) is 1. The number of isothiocyanates is 1. The molecule has 1 fully saturated rings. The predicted octanol–water partition coefficient (Wildman–Crippen LogP) is 6.19. The van der Waals surface area contributed by atoms with Crippen LogP contribution in [0.1, 0.15) is 58.3 Å². The van der Waals surface area contributed by atoms with Crippen LogP contribution in [0.2, 0.25) is 0 Å². The van der Waals surface area contributed by atoms with Crippen LogP contribution in [0.5, 0.6) is 5.75 Å². The first-order valence-electron chi connectivity index (χ1n) is 8.64. The van der Waals surface area contributed by atoms with Crippen LogP contribution in [-0.2, 0) is 0 Å². The molecule has 2 atom stereocenters. The first-order valence-corrected chi connectivity index (χ1v) is 9.05. The summed E-state index contributed by atoms with van der Waals surface area (Å²) in [5.41, 5.74) is 0.826. The predicted molar refractivity (Wildman–Crippen MR) is 96.2 cm³/mol. The van der Waals surface area contributed by atoms with E-state index in [9.17, 15) is 0 Å². The Morgan fingerprint density at radius 2 is 1.82 bits per heavy atom. The van der Waals surface area contributed by atoms with Gasteiger partial charge in [0.1, 0.15) is 5.75 Å². The van der Waals surface area contributed by atoms with Gasteiger partial charge in [-0.15, -0.1) is 0 Å². The molecule has 22 heavy (non-hydrogen) atoms. The molecule has 0 spiro atoms. The van der Waals surface area contributed by atoms with Crippen molar-refractivity contribution in [2.24, 2.45) is 16.8 Å². The Bertz CT molecular complexity index is 477. The van der Waals surface area contributed by atoms with E-state index in [-0.39, 0.29) is 0 Å². The smallest absolute Gasteiger partial charge is 0.119 e. The molecule has 0 aromatic heterocycles. The standard InChI is InChI=1S/C19H27NOS/c1-2-6-16-7-3-4-8-17(16)9-5-14-21-19-12-10-18(11-13-19)20-15-22/h10-13,16-17H,2-9,14H2,1H3. The van der Waals surface area contributed by atoms with Gasteiger partial charge in [-0.1, -0.05) is 45.4 Å². The maximum Gasteiger partial charge on any atom is 0.119 e. The van der Waals surface area contributed by atoms with E-state index in [1.54, 1.807) is 0 Å². The molecule has 0 amide bonds. The Morgan fingerprint density at radius 3 is 2.45 bits per heavy atom. The second-order valence-electron chi connectivity index (χ2n) is 6.28. The number of benzene rings is 1. The van der Waals surface area contributed by atoms with Crippen molar-refractivity contribution in [1.29, 1.82) is 0 Å². The largest absolute Gasteiger partial charge is 0.494 e. The fourth-order valence-electron chi connectivity index (χ4n) is 3.62. The molecular formula is C19H27NOS. The van der Waals surface area contributed by atoms with Gasteiger partial charge in [-0.2, -0.15) is 4.99 Å². The van der Waals surface area contributed by atoms with Crippen molar-refractivity contribution in [2.75, 3.05) is 6.61 Å². The van der Waals surface area contributed by atoms with Gasteiger partial charge in [0.25, 0.3) is 0 Å². The molecule has 2 rings (SSSR count). The van der Waals surface area contributed by atoms with Gasteiger partial charge >= 0.3 is 0 Å². The number of thiocarbonyl (C=S) groups is 1. The summed E-state index contributed by atoms with van der Waals surface area (Å²) in [4.78, 5) is 3.94. The maximum absolute atomic E-state index is 5.84. The summed E-state index contributed by atoms with van der Waals surface area (Å²) in [6.45, 7) is 3.12. The quantitative estimate of drug-likeness (QED) is 0.324. The minimum atomic E-state index is 0.811. The Balaban J connectivity index is 1.70. The Kier molecular flexibility index (Phi) is 7.62. The number of hydrogen-bond donors (Lipinski definition) is 0. The lowest BCUT2D eigenvalue weighted by Crippen LogP contribution is -2.20. The van der Waals surface area contributed by atoms with Crippen LogP contribution in [0.3, 0.4) is 0 Å². The highest BCUT2D eigenvalue weighted by atomic mass is 32.1. The van der Waals surface area contributed by atoms with Gasteiger partial charge in [0.2, 0.25) is 0 Å². The van der Waals surface area contributed by atoms with Gasteiger partial charge in [0, 0.05) is 0 Å². The summed E-state index contributed by atoms with van der Waals surface area (Å²) in [6.07, 6.45) is 10.9. The molecule has 1 aliphatic carbocycles. The number of ether oxygens (including phenoxy) is 1. The zero-order chi connectivity index (χ0) is 15.6. The molecule has 120 valence electrons. The molecule has 0 saturated heterocycles. The van der Waals surface area contributed by atoms with Crippen molar-refractivity contribution in [2.45, 2.75) is 58.3 Å². The lowest BCUT2D eigenvalue weighted by Gasteiger charge is -2.31. The van der Waals surface area contributed by atoms with Crippen molar-refractivity contribution in [1.82, 2.24) is 0 Å². The molecule has 1 aromatic rings. The third kappa shape index (κ3) is 5.55. The second-order valence-corrected chi connectivity index (χ2v) is 6.46. The summed E-state index contributed by atoms with van der Waals surface area (Å²) in [6, 6.07) is 7.72. The van der Waals surface area contributed by atoms with Gasteiger partial charge in [-0.05, 0) is 61.2 Å². The summed E-state index contributed by atoms with van der Waals surface area (Å²) < 4.78 is 5.84. The third-order valence-corrected chi connectivity index (χ3v) is 4.82. The molecule has 2 unspecified atom stereocenters. The average Bonchev–Trinajstić information content (AvgIpc) is 2.55. The minimum absolute atomic E-state index is 0.811. The summed E-state index contributed by atoms with van der Waals surface area (Å²) in [5.74, 6) is 2.80. The van der Waals surface area contributed by atoms with E-state index >= 15 is 0 Å². The molecule has 3 heteroatoms. The SMILES string of the molecule is CCCC1CCCCC1CCCOc1ccc(N=C=S)cc1. The van der Waals surface area contributed by atoms with E-state index < -0.39 is 0 Å². The molecule has 1 aromatic carbocycles. The van der Waals surface area contributed by atoms with E-state index in [0.29, 0.717) is 0 Å². The fourth-order valence-corrected chi connectivity index (χ4v) is 3.73. The molecular weight excluding hydrogens is 290 g/mol. The first kappa shape index (κ1) is 17.2. The van der Waals surface area contributed by atoms with Gasteiger partial charge in [0.05, 0.1) is 17.5 Å². The molecule has 0 heterocycles. The van der Waals surface area contributed by atoms with Crippen molar-refractivity contribution in [3.05, 3.63) is 24.3 Å². The van der Waals surface area contributed by atoms with Crippen molar-refractivity contribution >= 4 is 23.1 Å². The Labute approximate surface area is 140 Å². The van der Waals surface area contributed by atoms with Crippen molar-refractivity contribution in [3.63, 3.8) is 0 Å². The fraction of sp³-hybridized carbons (Fsp3) is 0.632. The van der Waals surface area contributed by atoms with Crippen LogP contribution in [0.15, 0.2) is 29.3 Å². The van der Waals surface area contributed by atoms with Crippen LogP contribution >= 0.6 is 12.2 Å². The van der Waals surface area contributed by atoms with Gasteiger partial charge < -0.3 is 4.74 Å². The molecule has 0 N–H and O–H groups in total.